The fourth-order valence-electron chi connectivity index (χ4n) is 2.80. The van der Waals surface area contributed by atoms with E-state index in [4.69, 9.17) is 9.84 Å². The maximum atomic E-state index is 12.0. The summed E-state index contributed by atoms with van der Waals surface area (Å²) in [6.07, 6.45) is 0. The first-order chi connectivity index (χ1) is 13.0. The number of likely N-dealkylation sites (N-methyl/N-ethyl adjacent to an activating group) is 1. The van der Waals surface area contributed by atoms with Crippen molar-refractivity contribution >= 4 is 22.9 Å². The molecule has 2 N–H and O–H groups in total. The monoisotopic (exact) mass is 367 g/mol. The van der Waals surface area contributed by atoms with E-state index in [1.807, 2.05) is 26.0 Å². The fraction of sp³-hybridized carbons (Fsp3) is 0.250. The molecule has 0 aliphatic heterocycles. The van der Waals surface area contributed by atoms with Crippen LogP contribution in [0.25, 0.3) is 22.4 Å². The Hall–Kier alpha value is -3.35. The number of carboxylic acid groups (broad SMARTS) is 1. The molecule has 0 aliphatic carbocycles. The number of hydrogen-bond donors (Lipinski definition) is 2. The van der Waals surface area contributed by atoms with Crippen LogP contribution in [0.15, 0.2) is 42.5 Å². The molecule has 3 aromatic rings. The molecular formula is C20H21N3O4. The standard InChI is InChI=1S/C20H21N3O4/c1-3-23(4-2)18(24)12-27-15-8-5-13(6-9-15)19-21-16-10-7-14(20(25)26)11-17(16)22-19/h5-11H,3-4,12H2,1-2H3,(H,21,22)(H,25,26). The first-order valence-corrected chi connectivity index (χ1v) is 8.76. The molecule has 1 amide bonds. The maximum Gasteiger partial charge on any atom is 0.335 e. The lowest BCUT2D eigenvalue weighted by molar-refractivity contribution is -0.132. The number of nitrogens with zero attached hydrogens (tertiary/aromatic N) is 2. The summed E-state index contributed by atoms with van der Waals surface area (Å²) in [7, 11) is 0. The van der Waals surface area contributed by atoms with Crippen molar-refractivity contribution in [3.63, 3.8) is 0 Å². The van der Waals surface area contributed by atoms with Crippen LogP contribution in [0, 0.1) is 0 Å². The molecule has 7 heteroatoms. The van der Waals surface area contributed by atoms with E-state index >= 15 is 0 Å². The van der Waals surface area contributed by atoms with E-state index in [2.05, 4.69) is 9.97 Å². The fourth-order valence-corrected chi connectivity index (χ4v) is 2.80. The van der Waals surface area contributed by atoms with Crippen LogP contribution < -0.4 is 4.74 Å². The van der Waals surface area contributed by atoms with Gasteiger partial charge in [-0.05, 0) is 56.3 Å². The Balaban J connectivity index is 1.72. The second kappa shape index (κ2) is 7.90. The highest BCUT2D eigenvalue weighted by Crippen LogP contribution is 2.23. The Morgan fingerprint density at radius 3 is 2.44 bits per heavy atom. The molecule has 0 bridgehead atoms. The Bertz CT molecular complexity index is 959. The molecule has 0 spiro atoms. The van der Waals surface area contributed by atoms with Crippen molar-refractivity contribution in [3.05, 3.63) is 48.0 Å². The SMILES string of the molecule is CCN(CC)C(=O)COc1ccc(-c2nc3ccc(C(=O)O)cc3[nH]2)cc1. The second-order valence-electron chi connectivity index (χ2n) is 6.00. The molecule has 0 aliphatic rings. The van der Waals surface area contributed by atoms with Crippen molar-refractivity contribution in [3.8, 4) is 17.1 Å². The van der Waals surface area contributed by atoms with Gasteiger partial charge in [-0.2, -0.15) is 0 Å². The molecule has 0 fully saturated rings. The van der Waals surface area contributed by atoms with Crippen LogP contribution in [0.4, 0.5) is 0 Å². The average molecular weight is 367 g/mol. The predicted molar refractivity (Wildman–Crippen MR) is 102 cm³/mol. The number of carbonyl (C=O) groups is 2. The van der Waals surface area contributed by atoms with Crippen molar-refractivity contribution in [2.45, 2.75) is 13.8 Å². The molecule has 0 saturated heterocycles. The molecule has 1 heterocycles. The van der Waals surface area contributed by atoms with Gasteiger partial charge in [-0.15, -0.1) is 0 Å². The van der Waals surface area contributed by atoms with Crippen LogP contribution in [-0.4, -0.2) is 51.5 Å². The van der Waals surface area contributed by atoms with Crippen molar-refractivity contribution in [2.24, 2.45) is 0 Å². The zero-order valence-corrected chi connectivity index (χ0v) is 15.2. The van der Waals surface area contributed by atoms with Gasteiger partial charge in [0.1, 0.15) is 11.6 Å². The molecule has 27 heavy (non-hydrogen) atoms. The van der Waals surface area contributed by atoms with E-state index in [9.17, 15) is 9.59 Å². The molecular weight excluding hydrogens is 346 g/mol. The summed E-state index contributed by atoms with van der Waals surface area (Å²) in [5.74, 6) is 0.214. The number of rotatable bonds is 7. The number of imidazole rings is 1. The van der Waals surface area contributed by atoms with Crippen LogP contribution in [0.1, 0.15) is 24.2 Å². The zero-order valence-electron chi connectivity index (χ0n) is 15.2. The van der Waals surface area contributed by atoms with E-state index in [0.29, 0.717) is 35.7 Å². The number of aromatic amines is 1. The minimum atomic E-state index is -0.978. The van der Waals surface area contributed by atoms with Gasteiger partial charge in [0.2, 0.25) is 0 Å². The molecule has 7 nitrogen and oxygen atoms in total. The summed E-state index contributed by atoms with van der Waals surface area (Å²) in [6.45, 7) is 5.19. The van der Waals surface area contributed by atoms with E-state index in [0.717, 1.165) is 5.56 Å². The normalized spacial score (nSPS) is 10.7. The highest BCUT2D eigenvalue weighted by atomic mass is 16.5. The van der Waals surface area contributed by atoms with Gasteiger partial charge in [0.05, 0.1) is 16.6 Å². The van der Waals surface area contributed by atoms with Gasteiger partial charge in [0, 0.05) is 18.7 Å². The van der Waals surface area contributed by atoms with Crippen LogP contribution in [0.5, 0.6) is 5.75 Å². The van der Waals surface area contributed by atoms with Crippen molar-refractivity contribution in [1.29, 1.82) is 0 Å². The number of carboxylic acids is 1. The van der Waals surface area contributed by atoms with Crippen LogP contribution in [0.2, 0.25) is 0 Å². The molecule has 3 rings (SSSR count). The van der Waals surface area contributed by atoms with E-state index in [-0.39, 0.29) is 18.1 Å². The molecule has 0 radical (unpaired) electrons. The van der Waals surface area contributed by atoms with Crippen LogP contribution in [0.3, 0.4) is 0 Å². The summed E-state index contributed by atoms with van der Waals surface area (Å²) in [6, 6.07) is 12.0. The Morgan fingerprint density at radius 1 is 1.11 bits per heavy atom. The van der Waals surface area contributed by atoms with Crippen molar-refractivity contribution in [1.82, 2.24) is 14.9 Å². The third kappa shape index (κ3) is 4.08. The second-order valence-corrected chi connectivity index (χ2v) is 6.00. The van der Waals surface area contributed by atoms with Gasteiger partial charge < -0.3 is 19.7 Å². The number of aromatic nitrogens is 2. The van der Waals surface area contributed by atoms with Gasteiger partial charge in [-0.1, -0.05) is 0 Å². The topological polar surface area (TPSA) is 95.5 Å². The molecule has 0 atom stereocenters. The number of nitrogens with one attached hydrogen (secondary N) is 1. The smallest absolute Gasteiger partial charge is 0.335 e. The lowest BCUT2D eigenvalue weighted by Crippen LogP contribution is -2.34. The van der Waals surface area contributed by atoms with Gasteiger partial charge >= 0.3 is 5.97 Å². The lowest BCUT2D eigenvalue weighted by Gasteiger charge is -2.18. The summed E-state index contributed by atoms with van der Waals surface area (Å²) in [5.41, 5.74) is 2.40. The molecule has 140 valence electrons. The molecule has 1 aromatic heterocycles. The minimum absolute atomic E-state index is 0.00360. The number of aromatic carboxylic acids is 1. The predicted octanol–water partition coefficient (Wildman–Crippen LogP) is 3.18. The Labute approximate surface area is 156 Å². The van der Waals surface area contributed by atoms with E-state index in [1.165, 1.54) is 6.07 Å². The number of amides is 1. The van der Waals surface area contributed by atoms with Gasteiger partial charge in [0.15, 0.2) is 6.61 Å². The average Bonchev–Trinajstić information content (AvgIpc) is 3.11. The largest absolute Gasteiger partial charge is 0.484 e. The summed E-state index contributed by atoms with van der Waals surface area (Å²) >= 11 is 0. The Kier molecular flexibility index (Phi) is 5.40. The third-order valence-corrected chi connectivity index (χ3v) is 4.34. The lowest BCUT2D eigenvalue weighted by atomic mass is 10.2. The highest BCUT2D eigenvalue weighted by molar-refractivity contribution is 5.93. The minimum Gasteiger partial charge on any atom is -0.484 e. The Morgan fingerprint density at radius 2 is 1.81 bits per heavy atom. The number of hydrogen-bond acceptors (Lipinski definition) is 4. The van der Waals surface area contributed by atoms with E-state index in [1.54, 1.807) is 29.2 Å². The van der Waals surface area contributed by atoms with E-state index < -0.39 is 5.97 Å². The van der Waals surface area contributed by atoms with Crippen LogP contribution in [-0.2, 0) is 4.79 Å². The third-order valence-electron chi connectivity index (χ3n) is 4.34. The summed E-state index contributed by atoms with van der Waals surface area (Å²) in [5, 5.41) is 9.08. The number of carbonyl (C=O) groups excluding carboxylic acids is 1. The number of benzene rings is 2. The first-order valence-electron chi connectivity index (χ1n) is 8.76. The molecule has 2 aromatic carbocycles. The summed E-state index contributed by atoms with van der Waals surface area (Å²) in [4.78, 5) is 32.4. The van der Waals surface area contributed by atoms with Crippen molar-refractivity contribution < 1.29 is 19.4 Å². The van der Waals surface area contributed by atoms with Crippen LogP contribution >= 0.6 is 0 Å². The molecule has 0 unspecified atom stereocenters. The first kappa shape index (κ1) is 18.4. The summed E-state index contributed by atoms with van der Waals surface area (Å²) < 4.78 is 5.56. The number of fused-ring (bicyclic) bond motifs is 1. The molecule has 0 saturated carbocycles. The quantitative estimate of drug-likeness (QED) is 0.669. The number of ether oxygens (including phenoxy) is 1. The zero-order chi connectivity index (χ0) is 19.4. The van der Waals surface area contributed by atoms with Crippen molar-refractivity contribution in [2.75, 3.05) is 19.7 Å². The maximum absolute atomic E-state index is 12.0. The van der Waals surface area contributed by atoms with Gasteiger partial charge in [-0.3, -0.25) is 4.79 Å². The number of H-pyrrole nitrogens is 1. The van der Waals surface area contributed by atoms with Gasteiger partial charge in [0.25, 0.3) is 5.91 Å². The van der Waals surface area contributed by atoms with Gasteiger partial charge in [-0.25, -0.2) is 9.78 Å². The highest BCUT2D eigenvalue weighted by Gasteiger charge is 2.11.